The van der Waals surface area contributed by atoms with Crippen LogP contribution in [-0.2, 0) is 6.42 Å². The van der Waals surface area contributed by atoms with Crippen LogP contribution in [0.3, 0.4) is 0 Å². The van der Waals surface area contributed by atoms with Crippen molar-refractivity contribution in [3.8, 4) is 22.9 Å². The molecule has 34 heavy (non-hydrogen) atoms. The van der Waals surface area contributed by atoms with Crippen molar-refractivity contribution in [2.45, 2.75) is 18.9 Å². The van der Waals surface area contributed by atoms with Crippen molar-refractivity contribution >= 4 is 17.5 Å². The summed E-state index contributed by atoms with van der Waals surface area (Å²) in [5, 5.41) is 3.12. The lowest BCUT2D eigenvalue weighted by Gasteiger charge is -2.30. The van der Waals surface area contributed by atoms with E-state index in [0.29, 0.717) is 30.0 Å². The molecule has 2 atom stereocenters. The Morgan fingerprint density at radius 1 is 1.09 bits per heavy atom. The maximum Gasteiger partial charge on any atom is 0.324 e. The number of hydrogen-bond donors (Lipinski definition) is 2. The van der Waals surface area contributed by atoms with E-state index >= 15 is 0 Å². The van der Waals surface area contributed by atoms with Gasteiger partial charge in [0.15, 0.2) is 5.75 Å². The number of fused-ring (bicyclic) bond motifs is 4. The molecule has 2 aliphatic carbocycles. The third-order valence-corrected chi connectivity index (χ3v) is 7.56. The van der Waals surface area contributed by atoms with E-state index in [9.17, 15) is 4.39 Å². The van der Waals surface area contributed by atoms with Gasteiger partial charge in [-0.2, -0.15) is 9.97 Å². The number of rotatable bonds is 5. The van der Waals surface area contributed by atoms with Gasteiger partial charge in [0.05, 0.1) is 18.1 Å². The molecule has 10 heteroatoms. The molecule has 4 aliphatic rings. The van der Waals surface area contributed by atoms with Crippen LogP contribution in [0.15, 0.2) is 24.5 Å². The van der Waals surface area contributed by atoms with Crippen LogP contribution < -0.4 is 25.6 Å². The van der Waals surface area contributed by atoms with Gasteiger partial charge in [-0.05, 0) is 41.5 Å². The fourth-order valence-corrected chi connectivity index (χ4v) is 5.48. The topological polar surface area (TPSA) is 105 Å². The fraction of sp³-hybridized carbons (Fsp3) is 0.417. The fourth-order valence-electron chi connectivity index (χ4n) is 5.48. The van der Waals surface area contributed by atoms with Gasteiger partial charge in [-0.1, -0.05) is 0 Å². The van der Waals surface area contributed by atoms with Crippen molar-refractivity contribution in [1.82, 2.24) is 19.9 Å². The smallest absolute Gasteiger partial charge is 0.324 e. The summed E-state index contributed by atoms with van der Waals surface area (Å²) in [6, 6.07) is 3.62. The van der Waals surface area contributed by atoms with Crippen molar-refractivity contribution in [2.75, 3.05) is 48.3 Å². The zero-order chi connectivity index (χ0) is 23.0. The number of nitrogens with zero attached hydrogens (tertiary/aromatic N) is 6. The monoisotopic (exact) mass is 460 g/mol. The summed E-state index contributed by atoms with van der Waals surface area (Å²) in [6.45, 7) is 3.64. The molecule has 0 amide bonds. The number of hydrogen-bond acceptors (Lipinski definition) is 9. The average molecular weight is 461 g/mol. The predicted octanol–water partition coefficient (Wildman–Crippen LogP) is 2.41. The summed E-state index contributed by atoms with van der Waals surface area (Å²) in [5.41, 5.74) is 10.5. The standard InChI is InChI=1S/C24H25FN8O/c1-27-18-6-12(25)5-15-14(18)7-19-20(15)22(33-10-16-17(11-33)21(16)26)31-24(30-19)34-13-8-28-23(29-9-13)32-3-2-4-32/h5-6,8-9,16-17,21,27H,2-4,7,10-11,26H2,1H3. The van der Waals surface area contributed by atoms with Crippen LogP contribution in [0.4, 0.5) is 21.8 Å². The lowest BCUT2D eigenvalue weighted by Crippen LogP contribution is -2.38. The van der Waals surface area contributed by atoms with E-state index in [-0.39, 0.29) is 17.9 Å². The molecule has 1 aromatic carbocycles. The molecule has 2 aromatic heterocycles. The Bertz CT molecular complexity index is 1280. The van der Waals surface area contributed by atoms with Gasteiger partial charge in [0, 0.05) is 56.9 Å². The van der Waals surface area contributed by atoms with Gasteiger partial charge in [0.1, 0.15) is 11.6 Å². The maximum absolute atomic E-state index is 14.5. The van der Waals surface area contributed by atoms with Gasteiger partial charge in [-0.25, -0.2) is 14.4 Å². The molecular weight excluding hydrogens is 435 g/mol. The van der Waals surface area contributed by atoms with Crippen LogP contribution in [0.5, 0.6) is 11.8 Å². The Kier molecular flexibility index (Phi) is 4.23. The highest BCUT2D eigenvalue weighted by atomic mass is 19.1. The van der Waals surface area contributed by atoms with Crippen molar-refractivity contribution in [1.29, 1.82) is 0 Å². The summed E-state index contributed by atoms with van der Waals surface area (Å²) in [4.78, 5) is 22.7. The zero-order valence-electron chi connectivity index (χ0n) is 18.8. The summed E-state index contributed by atoms with van der Waals surface area (Å²) >= 11 is 0. The normalized spacial score (nSPS) is 23.8. The van der Waals surface area contributed by atoms with Gasteiger partial charge >= 0.3 is 6.01 Å². The highest BCUT2D eigenvalue weighted by Crippen LogP contribution is 2.50. The van der Waals surface area contributed by atoms with Gasteiger partial charge in [-0.3, -0.25) is 0 Å². The zero-order valence-corrected chi connectivity index (χ0v) is 18.8. The first-order valence-electron chi connectivity index (χ1n) is 11.8. The molecule has 3 N–H and O–H groups in total. The predicted molar refractivity (Wildman–Crippen MR) is 126 cm³/mol. The molecule has 0 radical (unpaired) electrons. The van der Waals surface area contributed by atoms with Gasteiger partial charge in [0.2, 0.25) is 5.95 Å². The van der Waals surface area contributed by atoms with E-state index in [0.717, 1.165) is 66.5 Å². The van der Waals surface area contributed by atoms with Crippen molar-refractivity contribution < 1.29 is 9.13 Å². The van der Waals surface area contributed by atoms with Crippen LogP contribution >= 0.6 is 0 Å². The summed E-state index contributed by atoms with van der Waals surface area (Å²) in [5.74, 6) is 2.66. The maximum atomic E-state index is 14.5. The van der Waals surface area contributed by atoms with E-state index in [2.05, 4.69) is 25.1 Å². The van der Waals surface area contributed by atoms with E-state index in [1.54, 1.807) is 25.5 Å². The molecule has 9 nitrogen and oxygen atoms in total. The summed E-state index contributed by atoms with van der Waals surface area (Å²) in [7, 11) is 1.80. The third kappa shape index (κ3) is 3.01. The molecule has 0 bridgehead atoms. The molecule has 3 aromatic rings. The SMILES string of the molecule is CNc1cc(F)cc2c1Cc1nc(Oc3cnc(N4CCC4)nc3)nc(N3CC4C(N)C4C3)c1-2. The average Bonchev–Trinajstić information content (AvgIpc) is 3.15. The number of ether oxygens (including phenoxy) is 1. The molecule has 2 saturated heterocycles. The van der Waals surface area contributed by atoms with Crippen molar-refractivity contribution in [2.24, 2.45) is 17.6 Å². The van der Waals surface area contributed by atoms with Crippen molar-refractivity contribution in [3.63, 3.8) is 0 Å². The first-order valence-corrected chi connectivity index (χ1v) is 11.8. The Labute approximate surface area is 196 Å². The number of nitrogens with one attached hydrogen (secondary N) is 1. The Balaban J connectivity index is 1.27. The number of benzene rings is 1. The van der Waals surface area contributed by atoms with Crippen LogP contribution in [0.25, 0.3) is 11.1 Å². The van der Waals surface area contributed by atoms with Crippen LogP contribution in [0.1, 0.15) is 17.7 Å². The quantitative estimate of drug-likeness (QED) is 0.464. The molecule has 174 valence electrons. The third-order valence-electron chi connectivity index (χ3n) is 7.56. The molecule has 3 fully saturated rings. The number of piperidine rings is 1. The second-order valence-electron chi connectivity index (χ2n) is 9.53. The number of halogens is 1. The van der Waals surface area contributed by atoms with E-state index in [4.69, 9.17) is 20.4 Å². The highest BCUT2D eigenvalue weighted by molar-refractivity contribution is 5.88. The second kappa shape index (κ2) is 7.23. The minimum absolute atomic E-state index is 0.248. The van der Waals surface area contributed by atoms with Crippen molar-refractivity contribution in [3.05, 3.63) is 41.6 Å². The minimum atomic E-state index is -0.284. The Morgan fingerprint density at radius 3 is 2.53 bits per heavy atom. The second-order valence-corrected chi connectivity index (χ2v) is 9.53. The molecule has 2 unspecified atom stereocenters. The number of aromatic nitrogens is 4. The molecular formula is C24H25FN8O. The molecule has 4 heterocycles. The van der Waals surface area contributed by atoms with E-state index in [1.165, 1.54) is 6.07 Å². The van der Waals surface area contributed by atoms with Gasteiger partial charge < -0.3 is 25.6 Å². The van der Waals surface area contributed by atoms with Crippen LogP contribution in [-0.4, -0.2) is 59.2 Å². The molecule has 7 rings (SSSR count). The number of anilines is 3. The lowest BCUT2D eigenvalue weighted by atomic mass is 10.0. The number of nitrogens with two attached hydrogens (primary N) is 1. The summed E-state index contributed by atoms with van der Waals surface area (Å²) < 4.78 is 20.5. The first-order chi connectivity index (χ1) is 16.6. The summed E-state index contributed by atoms with van der Waals surface area (Å²) in [6.07, 6.45) is 5.06. The minimum Gasteiger partial charge on any atom is -0.421 e. The molecule has 1 saturated carbocycles. The molecule has 0 spiro atoms. The molecule has 2 aliphatic heterocycles. The largest absolute Gasteiger partial charge is 0.421 e. The van der Waals surface area contributed by atoms with E-state index < -0.39 is 0 Å². The first kappa shape index (κ1) is 19.9. The Hall–Kier alpha value is -3.53. The van der Waals surface area contributed by atoms with E-state index in [1.807, 2.05) is 0 Å². The van der Waals surface area contributed by atoms with Gasteiger partial charge in [-0.15, -0.1) is 0 Å². The lowest BCUT2D eigenvalue weighted by molar-refractivity contribution is 0.435. The van der Waals surface area contributed by atoms with Gasteiger partial charge in [0.25, 0.3) is 0 Å². The van der Waals surface area contributed by atoms with Crippen LogP contribution in [0, 0.1) is 17.7 Å². The Morgan fingerprint density at radius 2 is 1.85 bits per heavy atom. The highest BCUT2D eigenvalue weighted by Gasteiger charge is 2.54. The van der Waals surface area contributed by atoms with Crippen LogP contribution in [0.2, 0.25) is 0 Å².